The molecule has 0 aliphatic carbocycles. The molecule has 0 aromatic heterocycles. The summed E-state index contributed by atoms with van der Waals surface area (Å²) in [5.74, 6) is 0.283. The number of alkyl halides is 1. The second-order valence-corrected chi connectivity index (χ2v) is 3.25. The third-order valence-electron chi connectivity index (χ3n) is 1.67. The van der Waals surface area contributed by atoms with E-state index in [1.165, 1.54) is 17.7 Å². The molecule has 1 atom stereocenters. The predicted molar refractivity (Wildman–Crippen MR) is 48.6 cm³/mol. The van der Waals surface area contributed by atoms with E-state index in [4.69, 9.17) is 0 Å². The van der Waals surface area contributed by atoms with Gasteiger partial charge in [-0.2, -0.15) is 0 Å². The topological polar surface area (TPSA) is 0 Å². The highest BCUT2D eigenvalue weighted by Crippen LogP contribution is 2.17. The van der Waals surface area contributed by atoms with E-state index >= 15 is 0 Å². The number of hydrogen-bond donors (Lipinski definition) is 0. The Hall–Kier alpha value is -0.370. The van der Waals surface area contributed by atoms with Gasteiger partial charge in [-0.25, -0.2) is 4.39 Å². The predicted octanol–water partition coefficient (Wildman–Crippen LogP) is 3.32. The van der Waals surface area contributed by atoms with E-state index in [1.54, 1.807) is 0 Å². The van der Waals surface area contributed by atoms with Crippen LogP contribution in [0.5, 0.6) is 0 Å². The standard InChI is InChI=1S/C9H10BrF/c1-7(6-10)8-2-4-9(11)5-3-8/h2-5,7H,6H2,1H3/t7-/m0/s1. The van der Waals surface area contributed by atoms with Crippen LogP contribution in [0.4, 0.5) is 4.39 Å². The van der Waals surface area contributed by atoms with E-state index in [2.05, 4.69) is 22.9 Å². The van der Waals surface area contributed by atoms with Crippen molar-refractivity contribution in [1.82, 2.24) is 0 Å². The number of hydrogen-bond acceptors (Lipinski definition) is 0. The smallest absolute Gasteiger partial charge is 0.123 e. The first-order valence-corrected chi connectivity index (χ1v) is 4.67. The first kappa shape index (κ1) is 8.72. The maximum atomic E-state index is 12.4. The van der Waals surface area contributed by atoms with Gasteiger partial charge in [-0.05, 0) is 23.6 Å². The number of rotatable bonds is 2. The quantitative estimate of drug-likeness (QED) is 0.666. The normalized spacial score (nSPS) is 13.0. The third-order valence-corrected chi connectivity index (χ3v) is 2.64. The molecule has 1 aromatic rings. The summed E-state index contributed by atoms with van der Waals surface area (Å²) in [4.78, 5) is 0. The molecule has 11 heavy (non-hydrogen) atoms. The monoisotopic (exact) mass is 216 g/mol. The molecule has 0 radical (unpaired) electrons. The molecule has 0 saturated carbocycles. The fraction of sp³-hybridized carbons (Fsp3) is 0.333. The van der Waals surface area contributed by atoms with Crippen molar-refractivity contribution in [2.75, 3.05) is 5.33 Å². The summed E-state index contributed by atoms with van der Waals surface area (Å²) in [6.07, 6.45) is 0. The van der Waals surface area contributed by atoms with Crippen molar-refractivity contribution in [3.8, 4) is 0 Å². The molecule has 0 aliphatic heterocycles. The molecule has 0 heterocycles. The zero-order valence-corrected chi connectivity index (χ0v) is 7.94. The summed E-state index contributed by atoms with van der Waals surface area (Å²) in [6, 6.07) is 6.63. The molecule has 0 bridgehead atoms. The highest BCUT2D eigenvalue weighted by molar-refractivity contribution is 9.09. The van der Waals surface area contributed by atoms with Crippen molar-refractivity contribution >= 4 is 15.9 Å². The summed E-state index contributed by atoms with van der Waals surface area (Å²) in [7, 11) is 0. The average Bonchev–Trinajstić information content (AvgIpc) is 2.05. The molecule has 0 unspecified atom stereocenters. The van der Waals surface area contributed by atoms with E-state index < -0.39 is 0 Å². The molecule has 0 aliphatic rings. The summed E-state index contributed by atoms with van der Waals surface area (Å²) >= 11 is 3.38. The molecule has 1 rings (SSSR count). The highest BCUT2D eigenvalue weighted by atomic mass is 79.9. The molecular weight excluding hydrogens is 207 g/mol. The van der Waals surface area contributed by atoms with Gasteiger partial charge in [0, 0.05) is 5.33 Å². The minimum absolute atomic E-state index is 0.171. The molecule has 0 saturated heterocycles. The van der Waals surface area contributed by atoms with Gasteiger partial charge in [-0.15, -0.1) is 0 Å². The molecule has 1 aromatic carbocycles. The Morgan fingerprint density at radius 1 is 1.36 bits per heavy atom. The zero-order chi connectivity index (χ0) is 8.27. The minimum atomic E-state index is -0.171. The van der Waals surface area contributed by atoms with Crippen LogP contribution in [0.15, 0.2) is 24.3 Å². The lowest BCUT2D eigenvalue weighted by molar-refractivity contribution is 0.626. The molecule has 0 nitrogen and oxygen atoms in total. The van der Waals surface area contributed by atoms with Gasteiger partial charge in [-0.1, -0.05) is 35.0 Å². The van der Waals surface area contributed by atoms with Crippen LogP contribution < -0.4 is 0 Å². The van der Waals surface area contributed by atoms with Gasteiger partial charge in [-0.3, -0.25) is 0 Å². The maximum absolute atomic E-state index is 12.4. The number of benzene rings is 1. The Labute approximate surface area is 74.6 Å². The van der Waals surface area contributed by atoms with E-state index in [-0.39, 0.29) is 5.82 Å². The van der Waals surface area contributed by atoms with Gasteiger partial charge in [0.2, 0.25) is 0 Å². The minimum Gasteiger partial charge on any atom is -0.207 e. The van der Waals surface area contributed by atoms with Crippen LogP contribution in [0.2, 0.25) is 0 Å². The van der Waals surface area contributed by atoms with Crippen LogP contribution in [0.25, 0.3) is 0 Å². The first-order chi connectivity index (χ1) is 5.24. The Morgan fingerprint density at radius 3 is 2.36 bits per heavy atom. The molecule has 0 spiro atoms. The molecular formula is C9H10BrF. The van der Waals surface area contributed by atoms with Crippen LogP contribution in [0, 0.1) is 5.82 Å². The Kier molecular flexibility index (Phi) is 3.06. The molecule has 0 amide bonds. The maximum Gasteiger partial charge on any atom is 0.123 e. The van der Waals surface area contributed by atoms with Crippen molar-refractivity contribution < 1.29 is 4.39 Å². The van der Waals surface area contributed by atoms with E-state index in [9.17, 15) is 4.39 Å². The third kappa shape index (κ3) is 2.29. The van der Waals surface area contributed by atoms with Crippen LogP contribution in [-0.2, 0) is 0 Å². The average molecular weight is 217 g/mol. The molecule has 2 heteroatoms. The number of halogens is 2. The summed E-state index contributed by atoms with van der Waals surface area (Å²) in [6.45, 7) is 2.10. The van der Waals surface area contributed by atoms with Gasteiger partial charge in [0.1, 0.15) is 5.82 Å². The van der Waals surface area contributed by atoms with Crippen molar-refractivity contribution in [3.05, 3.63) is 35.6 Å². The van der Waals surface area contributed by atoms with Gasteiger partial charge in [0.15, 0.2) is 0 Å². The second-order valence-electron chi connectivity index (χ2n) is 2.61. The lowest BCUT2D eigenvalue weighted by Crippen LogP contribution is -1.93. The second kappa shape index (κ2) is 3.86. The Morgan fingerprint density at radius 2 is 1.91 bits per heavy atom. The van der Waals surface area contributed by atoms with E-state index in [0.717, 1.165) is 5.33 Å². The molecule has 60 valence electrons. The summed E-state index contributed by atoms with van der Waals surface area (Å²) in [5, 5.41) is 0.915. The van der Waals surface area contributed by atoms with Gasteiger partial charge in [0.05, 0.1) is 0 Å². The van der Waals surface area contributed by atoms with Gasteiger partial charge < -0.3 is 0 Å². The van der Waals surface area contributed by atoms with Crippen LogP contribution in [0.1, 0.15) is 18.4 Å². The highest BCUT2D eigenvalue weighted by Gasteiger charge is 2.01. The molecule has 0 N–H and O–H groups in total. The van der Waals surface area contributed by atoms with Crippen molar-refractivity contribution in [1.29, 1.82) is 0 Å². The van der Waals surface area contributed by atoms with Crippen LogP contribution in [0.3, 0.4) is 0 Å². The van der Waals surface area contributed by atoms with Crippen molar-refractivity contribution in [2.24, 2.45) is 0 Å². The lowest BCUT2D eigenvalue weighted by atomic mass is 10.0. The summed E-state index contributed by atoms with van der Waals surface area (Å²) in [5.41, 5.74) is 1.17. The van der Waals surface area contributed by atoms with E-state index in [1.807, 2.05) is 12.1 Å². The van der Waals surface area contributed by atoms with Crippen LogP contribution in [-0.4, -0.2) is 5.33 Å². The zero-order valence-electron chi connectivity index (χ0n) is 6.35. The van der Waals surface area contributed by atoms with Crippen molar-refractivity contribution in [2.45, 2.75) is 12.8 Å². The largest absolute Gasteiger partial charge is 0.207 e. The molecule has 0 fully saturated rings. The van der Waals surface area contributed by atoms with Gasteiger partial charge >= 0.3 is 0 Å². The first-order valence-electron chi connectivity index (χ1n) is 3.55. The van der Waals surface area contributed by atoms with Crippen LogP contribution >= 0.6 is 15.9 Å². The summed E-state index contributed by atoms with van der Waals surface area (Å²) < 4.78 is 12.4. The fourth-order valence-corrected chi connectivity index (χ4v) is 1.25. The SMILES string of the molecule is C[C@@H](CBr)c1ccc(F)cc1. The van der Waals surface area contributed by atoms with E-state index in [0.29, 0.717) is 5.92 Å². The fourth-order valence-electron chi connectivity index (χ4n) is 0.880. The van der Waals surface area contributed by atoms with Crippen molar-refractivity contribution in [3.63, 3.8) is 0 Å². The Bertz CT molecular complexity index is 218. The Balaban J connectivity index is 2.81. The lowest BCUT2D eigenvalue weighted by Gasteiger charge is -2.06. The van der Waals surface area contributed by atoms with Gasteiger partial charge in [0.25, 0.3) is 0 Å².